The third kappa shape index (κ3) is 3.31. The zero-order valence-electron chi connectivity index (χ0n) is 9.11. The number of benzene rings is 1. The summed E-state index contributed by atoms with van der Waals surface area (Å²) in [7, 11) is 0. The number of phenolic OH excluding ortho intramolecular Hbond substituents is 1. The van der Waals surface area contributed by atoms with E-state index in [1.54, 1.807) is 24.3 Å². The maximum absolute atomic E-state index is 9.83. The monoisotopic (exact) mass is 284 g/mol. The predicted molar refractivity (Wildman–Crippen MR) is 66.7 cm³/mol. The van der Waals surface area contributed by atoms with Gasteiger partial charge in [0, 0.05) is 4.47 Å². The standard InChI is InChI=1S/C12H13BrO3/c1-3-5-15-10-7-9(13)8-11(12(10)14)16-6-4-2/h3-8,14H,1-2H3/b5-3+,6-4+. The zero-order chi connectivity index (χ0) is 12.0. The molecule has 0 saturated heterocycles. The summed E-state index contributed by atoms with van der Waals surface area (Å²) in [6.07, 6.45) is 6.43. The molecule has 0 aliphatic heterocycles. The molecule has 0 atom stereocenters. The van der Waals surface area contributed by atoms with Crippen molar-refractivity contribution in [3.05, 3.63) is 41.3 Å². The van der Waals surface area contributed by atoms with E-state index in [1.165, 1.54) is 12.5 Å². The molecule has 0 radical (unpaired) electrons. The molecule has 1 rings (SSSR count). The summed E-state index contributed by atoms with van der Waals surface area (Å²) in [4.78, 5) is 0. The van der Waals surface area contributed by atoms with Crippen LogP contribution in [0.25, 0.3) is 0 Å². The Kier molecular flexibility index (Phi) is 4.92. The summed E-state index contributed by atoms with van der Waals surface area (Å²) in [5.41, 5.74) is 0. The van der Waals surface area contributed by atoms with Gasteiger partial charge >= 0.3 is 0 Å². The lowest BCUT2D eigenvalue weighted by Gasteiger charge is -2.08. The van der Waals surface area contributed by atoms with Crippen LogP contribution >= 0.6 is 15.9 Å². The third-order valence-electron chi connectivity index (χ3n) is 1.67. The predicted octanol–water partition coefficient (Wildman–Crippen LogP) is 3.98. The summed E-state index contributed by atoms with van der Waals surface area (Å²) in [6, 6.07) is 3.33. The first-order valence-electron chi connectivity index (χ1n) is 4.77. The maximum atomic E-state index is 9.83. The molecule has 0 aliphatic carbocycles. The van der Waals surface area contributed by atoms with Crippen molar-refractivity contribution in [1.82, 2.24) is 0 Å². The fourth-order valence-corrected chi connectivity index (χ4v) is 1.43. The van der Waals surface area contributed by atoms with Crippen LogP contribution in [0, 0.1) is 0 Å². The molecule has 0 aliphatic rings. The summed E-state index contributed by atoms with van der Waals surface area (Å²) in [6.45, 7) is 3.65. The summed E-state index contributed by atoms with van der Waals surface area (Å²) < 4.78 is 11.2. The fourth-order valence-electron chi connectivity index (χ4n) is 1.01. The minimum atomic E-state index is -0.0283. The highest BCUT2D eigenvalue weighted by atomic mass is 79.9. The molecule has 86 valence electrons. The van der Waals surface area contributed by atoms with Gasteiger partial charge in [-0.3, -0.25) is 0 Å². The molecule has 3 nitrogen and oxygen atoms in total. The van der Waals surface area contributed by atoms with Crippen LogP contribution in [0.5, 0.6) is 17.2 Å². The van der Waals surface area contributed by atoms with Gasteiger partial charge in [-0.15, -0.1) is 0 Å². The van der Waals surface area contributed by atoms with Crippen LogP contribution < -0.4 is 9.47 Å². The highest BCUT2D eigenvalue weighted by Crippen LogP contribution is 2.39. The second kappa shape index (κ2) is 6.23. The van der Waals surface area contributed by atoms with Crippen molar-refractivity contribution >= 4 is 15.9 Å². The molecular weight excluding hydrogens is 272 g/mol. The van der Waals surface area contributed by atoms with Crippen LogP contribution in [0.4, 0.5) is 0 Å². The highest BCUT2D eigenvalue weighted by Gasteiger charge is 2.10. The third-order valence-corrected chi connectivity index (χ3v) is 2.12. The van der Waals surface area contributed by atoms with Crippen LogP contribution in [0.3, 0.4) is 0 Å². The van der Waals surface area contributed by atoms with Gasteiger partial charge < -0.3 is 14.6 Å². The Morgan fingerprint density at radius 2 is 1.50 bits per heavy atom. The van der Waals surface area contributed by atoms with Crippen LogP contribution in [0.2, 0.25) is 0 Å². The zero-order valence-corrected chi connectivity index (χ0v) is 10.7. The first kappa shape index (κ1) is 12.6. The smallest absolute Gasteiger partial charge is 0.202 e. The van der Waals surface area contributed by atoms with E-state index in [4.69, 9.17) is 9.47 Å². The fraction of sp³-hybridized carbons (Fsp3) is 0.167. The number of aromatic hydroxyl groups is 1. The van der Waals surface area contributed by atoms with Crippen molar-refractivity contribution in [2.24, 2.45) is 0 Å². The van der Waals surface area contributed by atoms with E-state index in [9.17, 15) is 5.11 Å². The van der Waals surface area contributed by atoms with E-state index < -0.39 is 0 Å². The van der Waals surface area contributed by atoms with E-state index in [0.717, 1.165) is 4.47 Å². The Labute approximate surface area is 103 Å². The van der Waals surface area contributed by atoms with Crippen molar-refractivity contribution in [1.29, 1.82) is 0 Å². The number of halogens is 1. The molecule has 1 aromatic rings. The molecule has 0 saturated carbocycles. The van der Waals surface area contributed by atoms with Crippen LogP contribution in [-0.4, -0.2) is 5.11 Å². The van der Waals surface area contributed by atoms with Crippen LogP contribution in [0.1, 0.15) is 13.8 Å². The molecular formula is C12H13BrO3. The lowest BCUT2D eigenvalue weighted by Crippen LogP contribution is -1.88. The SMILES string of the molecule is C/C=C/Oc1cc(Br)cc(O/C=C/C)c1O. The second-order valence-electron chi connectivity index (χ2n) is 2.93. The van der Waals surface area contributed by atoms with E-state index in [0.29, 0.717) is 11.5 Å². The van der Waals surface area contributed by atoms with Crippen molar-refractivity contribution in [3.63, 3.8) is 0 Å². The molecule has 0 bridgehead atoms. The number of allylic oxidation sites excluding steroid dienone is 2. The summed E-state index contributed by atoms with van der Waals surface area (Å²) in [5, 5.41) is 9.83. The van der Waals surface area contributed by atoms with Crippen LogP contribution in [0.15, 0.2) is 41.3 Å². The van der Waals surface area contributed by atoms with Crippen molar-refractivity contribution in [3.8, 4) is 17.2 Å². The Morgan fingerprint density at radius 1 is 1.06 bits per heavy atom. The first-order valence-corrected chi connectivity index (χ1v) is 5.56. The van der Waals surface area contributed by atoms with Gasteiger partial charge in [0.1, 0.15) is 0 Å². The van der Waals surface area contributed by atoms with Gasteiger partial charge in [0.2, 0.25) is 5.75 Å². The van der Waals surface area contributed by atoms with Crippen molar-refractivity contribution < 1.29 is 14.6 Å². The molecule has 1 N–H and O–H groups in total. The topological polar surface area (TPSA) is 38.7 Å². The number of rotatable bonds is 4. The van der Waals surface area contributed by atoms with E-state index in [-0.39, 0.29) is 5.75 Å². The average molecular weight is 285 g/mol. The molecule has 1 aromatic carbocycles. The van der Waals surface area contributed by atoms with Gasteiger partial charge in [0.25, 0.3) is 0 Å². The molecule has 0 fully saturated rings. The second-order valence-corrected chi connectivity index (χ2v) is 3.84. The van der Waals surface area contributed by atoms with Crippen LogP contribution in [-0.2, 0) is 0 Å². The minimum absolute atomic E-state index is 0.0283. The molecule has 0 spiro atoms. The first-order chi connectivity index (χ1) is 7.69. The Hall–Kier alpha value is -1.42. The van der Waals surface area contributed by atoms with E-state index in [1.807, 2.05) is 13.8 Å². The van der Waals surface area contributed by atoms with Crippen molar-refractivity contribution in [2.75, 3.05) is 0 Å². The Balaban J connectivity index is 3.04. The number of hydrogen-bond donors (Lipinski definition) is 1. The van der Waals surface area contributed by atoms with Gasteiger partial charge in [-0.2, -0.15) is 0 Å². The van der Waals surface area contributed by atoms with Gasteiger partial charge in [-0.25, -0.2) is 0 Å². The van der Waals surface area contributed by atoms with Crippen molar-refractivity contribution in [2.45, 2.75) is 13.8 Å². The Morgan fingerprint density at radius 3 is 1.88 bits per heavy atom. The molecule has 0 amide bonds. The number of hydrogen-bond acceptors (Lipinski definition) is 3. The van der Waals surface area contributed by atoms with Gasteiger partial charge in [-0.05, 0) is 26.0 Å². The summed E-state index contributed by atoms with van der Waals surface area (Å²) in [5.74, 6) is 0.651. The number of ether oxygens (including phenoxy) is 2. The molecule has 0 unspecified atom stereocenters. The highest BCUT2D eigenvalue weighted by molar-refractivity contribution is 9.10. The lowest BCUT2D eigenvalue weighted by atomic mass is 10.3. The van der Waals surface area contributed by atoms with E-state index in [2.05, 4.69) is 15.9 Å². The quantitative estimate of drug-likeness (QED) is 0.850. The summed E-state index contributed by atoms with van der Waals surface area (Å²) >= 11 is 3.31. The minimum Gasteiger partial charge on any atom is -0.502 e. The van der Waals surface area contributed by atoms with Gasteiger partial charge in [-0.1, -0.05) is 28.1 Å². The Bertz CT molecular complexity index is 376. The molecule has 0 heterocycles. The van der Waals surface area contributed by atoms with Gasteiger partial charge in [0.15, 0.2) is 11.5 Å². The lowest BCUT2D eigenvalue weighted by molar-refractivity contribution is 0.376. The normalized spacial score (nSPS) is 11.2. The number of phenols is 1. The molecule has 16 heavy (non-hydrogen) atoms. The largest absolute Gasteiger partial charge is 0.502 e. The molecule has 0 aromatic heterocycles. The van der Waals surface area contributed by atoms with E-state index >= 15 is 0 Å². The average Bonchev–Trinajstić information content (AvgIpc) is 2.28. The van der Waals surface area contributed by atoms with Gasteiger partial charge in [0.05, 0.1) is 12.5 Å². The maximum Gasteiger partial charge on any atom is 0.202 e. The molecule has 4 heteroatoms.